The number of nitrogens with two attached hydrogens (primary N) is 1. The van der Waals surface area contributed by atoms with Gasteiger partial charge in [0, 0.05) is 199 Å². The number of aromatic hydroxyl groups is 1. The van der Waals surface area contributed by atoms with Crippen LogP contribution in [0.4, 0.5) is 0 Å². The molecule has 14 aromatic rings. The van der Waals surface area contributed by atoms with E-state index in [4.69, 9.17) is 55.5 Å². The fraction of sp³-hybridized carbons (Fsp3) is 0.278. The van der Waals surface area contributed by atoms with Crippen molar-refractivity contribution in [2.45, 2.75) is 102 Å². The monoisotopic (exact) mass is 2060 g/mol. The van der Waals surface area contributed by atoms with E-state index in [1.165, 1.54) is 60.7 Å². The summed E-state index contributed by atoms with van der Waals surface area (Å²) in [6.07, 6.45) is 25.3. The number of carbonyl (C=O) groups is 6. The van der Waals surface area contributed by atoms with Crippen molar-refractivity contribution in [3.8, 4) is 45.4 Å². The number of Topliss-reactive ketones (excluding diaryl/α,β-unsaturated/α-hetero) is 4. The molecular formula is C115H147Cl2N15O16. The number of halogens is 2. The minimum Gasteiger partial charge on any atom is -0.508 e. The number of rotatable bonds is 31. The number of aliphatic hydroxyl groups excluding tert-OH is 1. The lowest BCUT2D eigenvalue weighted by molar-refractivity contribution is -0.179. The number of pyridine rings is 6. The Balaban J connectivity index is 0.000000827. The molecule has 7 aromatic heterocycles. The maximum absolute atomic E-state index is 12.8. The van der Waals surface area contributed by atoms with Gasteiger partial charge in [-0.05, 0) is 328 Å². The van der Waals surface area contributed by atoms with Crippen LogP contribution in [0.2, 0.25) is 0 Å². The van der Waals surface area contributed by atoms with Gasteiger partial charge in [-0.1, -0.05) is 86.0 Å². The Hall–Kier alpha value is -14.7. The third kappa shape index (κ3) is 56.2. The number of aryl methyl sites for hydroxylation is 4. The number of methoxy groups -OCH3 is 2. The zero-order valence-electron chi connectivity index (χ0n) is 88.8. The smallest absolute Gasteiger partial charge is 0.277 e. The largest absolute Gasteiger partial charge is 0.508 e. The van der Waals surface area contributed by atoms with Crippen molar-refractivity contribution in [1.29, 1.82) is 0 Å². The molecule has 1 amide bonds. The molecule has 0 unspecified atom stereocenters. The van der Waals surface area contributed by atoms with Gasteiger partial charge in [-0.15, -0.1) is 18.0 Å². The molecule has 0 saturated heterocycles. The predicted molar refractivity (Wildman–Crippen MR) is 591 cm³/mol. The predicted octanol–water partition coefficient (Wildman–Crippen LogP) is 20.6. The number of aromatic nitrogens is 8. The number of hydroxylamine groups is 3. The highest BCUT2D eigenvalue weighted by atomic mass is 35.5. The average Bonchev–Trinajstić information content (AvgIpc) is 1.66. The van der Waals surface area contributed by atoms with Gasteiger partial charge in [-0.2, -0.15) is 5.10 Å². The summed E-state index contributed by atoms with van der Waals surface area (Å²) in [5, 5.41) is 31.8. The highest BCUT2D eigenvalue weighted by Crippen LogP contribution is 2.31. The molecule has 7 aromatic carbocycles. The fourth-order valence-electron chi connectivity index (χ4n) is 12.1. The summed E-state index contributed by atoms with van der Waals surface area (Å²) in [5.74, 6) is 6.87. The van der Waals surface area contributed by atoms with Crippen LogP contribution in [0.5, 0.6) is 23.0 Å². The normalized spacial score (nSPS) is 9.91. The Kier molecular flexibility index (Phi) is 71.5. The van der Waals surface area contributed by atoms with Crippen molar-refractivity contribution in [3.63, 3.8) is 0 Å². The van der Waals surface area contributed by atoms with E-state index in [0.29, 0.717) is 72.5 Å². The van der Waals surface area contributed by atoms with Crippen LogP contribution in [-0.2, 0) is 38.4 Å². The Morgan fingerprint density at radius 3 is 1.02 bits per heavy atom. The molecule has 7 heterocycles. The lowest BCUT2D eigenvalue weighted by Crippen LogP contribution is -2.30. The number of carbonyl (C=O) groups excluding carboxylic acids is 6. The van der Waals surface area contributed by atoms with Crippen LogP contribution in [0.25, 0.3) is 28.0 Å². The Labute approximate surface area is 884 Å². The third-order valence-corrected chi connectivity index (χ3v) is 20.1. The van der Waals surface area contributed by atoms with Crippen LogP contribution in [0.15, 0.2) is 329 Å². The van der Waals surface area contributed by atoms with Crippen molar-refractivity contribution in [2.75, 3.05) is 117 Å². The van der Waals surface area contributed by atoms with E-state index in [2.05, 4.69) is 81.9 Å². The summed E-state index contributed by atoms with van der Waals surface area (Å²) < 4.78 is 25.9. The van der Waals surface area contributed by atoms with Gasteiger partial charge < -0.3 is 53.7 Å². The molecule has 0 bridgehead atoms. The summed E-state index contributed by atoms with van der Waals surface area (Å²) in [6, 6.07) is 73.5. The van der Waals surface area contributed by atoms with Gasteiger partial charge in [-0.3, -0.25) is 73.5 Å². The highest BCUT2D eigenvalue weighted by Gasteiger charge is 2.18. The number of hydrogen-bond acceptors (Lipinski definition) is 29. The van der Waals surface area contributed by atoms with Crippen LogP contribution >= 0.6 is 24.0 Å². The first-order chi connectivity index (χ1) is 70.8. The van der Waals surface area contributed by atoms with Crippen molar-refractivity contribution >= 4 is 63.9 Å². The maximum atomic E-state index is 12.8. The molecule has 0 aliphatic heterocycles. The quantitative estimate of drug-likeness (QED) is 0.00530. The van der Waals surface area contributed by atoms with E-state index in [0.717, 1.165) is 78.6 Å². The number of aromatic amines is 1. The Bertz CT molecular complexity index is 5740. The minimum atomic E-state index is -0.403. The van der Waals surface area contributed by atoms with Crippen molar-refractivity contribution in [2.24, 2.45) is 5.84 Å². The number of ether oxygens (including phenoxy) is 5. The van der Waals surface area contributed by atoms with Crippen LogP contribution < -0.4 is 31.1 Å². The van der Waals surface area contributed by atoms with E-state index in [9.17, 15) is 28.8 Å². The first kappa shape index (κ1) is 131. The number of hydrazine groups is 1. The molecule has 0 fully saturated rings. The van der Waals surface area contributed by atoms with E-state index in [1.807, 2.05) is 269 Å². The number of phenolic OH excluding ortho intramolecular Hbond substituents is 1. The molecule has 148 heavy (non-hydrogen) atoms. The van der Waals surface area contributed by atoms with E-state index in [1.54, 1.807) is 177 Å². The number of aliphatic hydroxyl groups is 1. The second-order valence-corrected chi connectivity index (χ2v) is 31.7. The Morgan fingerprint density at radius 2 is 0.730 bits per heavy atom. The van der Waals surface area contributed by atoms with E-state index in [-0.39, 0.29) is 60.2 Å². The molecular weight excluding hydrogens is 1920 g/mol. The van der Waals surface area contributed by atoms with Gasteiger partial charge in [0.1, 0.15) is 23.0 Å². The first-order valence-electron chi connectivity index (χ1n) is 47.3. The SMILES string of the molecule is CCN(CC)CC.CCO.CCOc1ccc(-c2[nH]ncc2-c2ccncc2)cc1.CCOc1ccc(C(=O)/C(=C/N(C)C)c2ccncc2)cc1.CCOc1ccc(C(=O)Cc2ccncc2)cc1.CNOC.COC(OC)N(C)C.CON(C)C(=O)c1ccc(C)cc1.Cc1ccc(C(=O)Cc2ccncc2)cc1.Cc1ccc(C(=O)Cl)cc1.Cc1ccncc1.Cl.NNO.O=C(Cc1ccncc1)c1ccc(O)cc1. The molecule has 792 valence electrons. The molecule has 33 heteroatoms. The molecule has 0 saturated carbocycles. The number of phenols is 1. The lowest BCUT2D eigenvalue weighted by atomic mass is 9.98. The number of amides is 1. The number of nitrogens with zero attached hydrogens (tertiary/aromatic N) is 11. The van der Waals surface area contributed by atoms with Crippen molar-refractivity contribution in [3.05, 3.63) is 407 Å². The number of allylic oxidation sites excluding steroid dienone is 1. The Morgan fingerprint density at radius 1 is 0.426 bits per heavy atom. The first-order valence-corrected chi connectivity index (χ1v) is 47.7. The van der Waals surface area contributed by atoms with Crippen LogP contribution in [0.1, 0.15) is 155 Å². The number of ketones is 4. The second-order valence-electron chi connectivity index (χ2n) is 31.3. The molecule has 31 nitrogen and oxygen atoms in total. The number of benzene rings is 7. The maximum Gasteiger partial charge on any atom is 0.277 e. The van der Waals surface area contributed by atoms with Crippen LogP contribution in [0.3, 0.4) is 0 Å². The minimum absolute atomic E-state index is 0. The molecule has 0 aliphatic rings. The third-order valence-electron chi connectivity index (χ3n) is 19.9. The average molecular weight is 2070 g/mol. The van der Waals surface area contributed by atoms with Gasteiger partial charge in [0.15, 0.2) is 23.1 Å². The summed E-state index contributed by atoms with van der Waals surface area (Å²) in [5.41, 5.74) is 20.9. The van der Waals surface area contributed by atoms with Crippen LogP contribution in [-0.4, -0.2) is 233 Å². The molecule has 0 aliphatic carbocycles. The fourth-order valence-corrected chi connectivity index (χ4v) is 12.3. The van der Waals surface area contributed by atoms with E-state index < -0.39 is 5.24 Å². The van der Waals surface area contributed by atoms with Crippen LogP contribution in [0, 0.1) is 27.7 Å². The summed E-state index contributed by atoms with van der Waals surface area (Å²) in [7, 11) is 17.1. The number of nitrogens with one attached hydrogen (secondary N) is 3. The van der Waals surface area contributed by atoms with Crippen molar-refractivity contribution < 1.29 is 77.5 Å². The van der Waals surface area contributed by atoms with Gasteiger partial charge in [-0.25, -0.2) is 16.4 Å². The highest BCUT2D eigenvalue weighted by molar-refractivity contribution is 6.67. The summed E-state index contributed by atoms with van der Waals surface area (Å²) >= 11 is 5.22. The molecule has 0 radical (unpaired) electrons. The number of H-pyrrole nitrogens is 1. The standard InChI is InChI=1S/C18H20N2O2.C16H15N3O.C15H15NO2.C14H13NO.C13H11NO2.C10H13NO2.C8H7ClO.C6H7N.C6H15N.C5H13NO2.C2H7NO.C2H6O.ClH.H4N2O/c1-4-22-16-7-5-15(6-8-16)18(21)17(13-20(2)3)14-9-11-19-12-10-14;1-2-20-14-5-3-13(4-6-14)16-15(11-18-19-16)12-7-9-17-10-8-12;1-2-18-14-5-3-13(4-6-14)15(17)11-12-7-9-16-10-8-12;1-11-2-4-13(5-3-11)14(16)10-12-6-8-15-9-7-12;15-12-3-1-11(2-4-12)13(16)9-10-5-7-14-8-6-10;1-8-4-6-9(7-5-8)10(12)11(2)13-3;1-6-2-4-7(5-3-6)8(9)10;1-6-2-4-7-5-3-6;1-4-7(5-2)6-3;1-6(2)5(7-3)8-4;1-3-4-2;1-2-3;;1-2-3/h5-13H,4H2,1-3H3;3-11H,2H2,1H3,(H,18,19);3-10H,2,11H2,1H3;2-9H,10H2,1H3;1-8,15H,9H2;4-7H,1-3H3;2-5H,1H3;2-5H,1H3;4-6H2,1-3H3;5H,1-4H3;3H,1-2H3;3H,2H2,1H3;1H;2-3H,1H2/b17-13+;;;;;;;;;;;;;. The topological polar surface area (TPSA) is 397 Å². The zero-order valence-corrected chi connectivity index (χ0v) is 90.3. The molecule has 8 N–H and O–H groups in total. The van der Waals surface area contributed by atoms with E-state index >= 15 is 0 Å². The lowest BCUT2D eigenvalue weighted by Gasteiger charge is -2.19. The van der Waals surface area contributed by atoms with Gasteiger partial charge >= 0.3 is 0 Å². The summed E-state index contributed by atoms with van der Waals surface area (Å²) in [4.78, 5) is 109. The van der Waals surface area contributed by atoms with Gasteiger partial charge in [0.25, 0.3) is 11.1 Å². The molecule has 14 rings (SSSR count). The number of hydrogen-bond donors (Lipinski definition) is 7. The zero-order chi connectivity index (χ0) is 109. The van der Waals surface area contributed by atoms with Gasteiger partial charge in [0.05, 0.1) is 45.9 Å². The summed E-state index contributed by atoms with van der Waals surface area (Å²) in [6.45, 7) is 27.8. The van der Waals surface area contributed by atoms with Crippen molar-refractivity contribution in [1.82, 2.24) is 70.9 Å². The molecule has 0 atom stereocenters. The second kappa shape index (κ2) is 80.6. The van der Waals surface area contributed by atoms with Gasteiger partial charge in [0.2, 0.25) is 6.41 Å². The molecule has 0 spiro atoms.